The number of urea groups is 1. The Morgan fingerprint density at radius 2 is 1.71 bits per heavy atom. The van der Waals surface area contributed by atoms with E-state index in [2.05, 4.69) is 0 Å². The third-order valence-corrected chi connectivity index (χ3v) is 3.23. The van der Waals surface area contributed by atoms with Crippen molar-refractivity contribution in [3.63, 3.8) is 0 Å². The Kier molecular flexibility index (Phi) is 4.02. The van der Waals surface area contributed by atoms with E-state index >= 15 is 0 Å². The third-order valence-electron chi connectivity index (χ3n) is 3.23. The summed E-state index contributed by atoms with van der Waals surface area (Å²) in [5.74, 6) is -2.30. The molecule has 110 valence electrons. The summed E-state index contributed by atoms with van der Waals surface area (Å²) in [6.07, 6.45) is 0. The first-order chi connectivity index (χ1) is 9.91. The number of hydrogen-bond acceptors (Lipinski definition) is 4. The molecule has 2 rings (SSSR count). The topological polar surface area (TPSA) is 78.0 Å². The lowest BCUT2D eigenvalue weighted by Crippen LogP contribution is -2.41. The summed E-state index contributed by atoms with van der Waals surface area (Å²) < 4.78 is 0. The molecule has 1 aliphatic heterocycles. The van der Waals surface area contributed by atoms with Crippen LogP contribution in [-0.4, -0.2) is 59.1 Å². The van der Waals surface area contributed by atoms with Crippen molar-refractivity contribution in [3.8, 4) is 0 Å². The van der Waals surface area contributed by atoms with E-state index in [0.717, 1.165) is 5.56 Å². The van der Waals surface area contributed by atoms with Gasteiger partial charge in [0, 0.05) is 20.6 Å². The number of rotatable bonds is 4. The highest BCUT2D eigenvalue weighted by atomic mass is 16.2. The van der Waals surface area contributed by atoms with E-state index in [1.54, 1.807) is 7.05 Å². The number of likely N-dealkylation sites (N-methyl/N-ethyl adjacent to an activating group) is 2. The average Bonchev–Trinajstić information content (AvgIpc) is 2.66. The van der Waals surface area contributed by atoms with E-state index in [4.69, 9.17) is 0 Å². The average molecular weight is 289 g/mol. The first-order valence-electron chi connectivity index (χ1n) is 6.33. The summed E-state index contributed by atoms with van der Waals surface area (Å²) in [5.41, 5.74) is 0.931. The van der Waals surface area contributed by atoms with Gasteiger partial charge in [0.1, 0.15) is 6.54 Å². The Morgan fingerprint density at radius 3 is 2.24 bits per heavy atom. The maximum Gasteiger partial charge on any atom is 0.334 e. The third kappa shape index (κ3) is 2.91. The Labute approximate surface area is 121 Å². The molecule has 1 aromatic carbocycles. The van der Waals surface area contributed by atoms with Crippen LogP contribution in [0.5, 0.6) is 0 Å². The van der Waals surface area contributed by atoms with Crippen LogP contribution >= 0.6 is 0 Å². The molecule has 0 bridgehead atoms. The summed E-state index contributed by atoms with van der Waals surface area (Å²) in [4.78, 5) is 49.4. The SMILES string of the molecule is CN(Cc1ccccc1)C(=O)CN1C(=O)C(=O)N(C)C1=O. The van der Waals surface area contributed by atoms with Gasteiger partial charge >= 0.3 is 17.8 Å². The number of carbonyl (C=O) groups excluding carboxylic acids is 4. The molecule has 21 heavy (non-hydrogen) atoms. The van der Waals surface area contributed by atoms with Gasteiger partial charge in [-0.25, -0.2) is 9.69 Å². The van der Waals surface area contributed by atoms with Gasteiger partial charge < -0.3 is 4.90 Å². The van der Waals surface area contributed by atoms with Gasteiger partial charge in [0.25, 0.3) is 0 Å². The quantitative estimate of drug-likeness (QED) is 0.580. The van der Waals surface area contributed by atoms with Crippen molar-refractivity contribution in [2.45, 2.75) is 6.54 Å². The molecule has 1 saturated heterocycles. The fourth-order valence-electron chi connectivity index (χ4n) is 1.95. The van der Waals surface area contributed by atoms with Crippen LogP contribution in [-0.2, 0) is 20.9 Å². The van der Waals surface area contributed by atoms with Gasteiger partial charge in [0.15, 0.2) is 0 Å². The largest absolute Gasteiger partial charge is 0.340 e. The van der Waals surface area contributed by atoms with Gasteiger partial charge in [-0.05, 0) is 5.56 Å². The summed E-state index contributed by atoms with van der Waals surface area (Å²) in [7, 11) is 2.78. The molecule has 1 fully saturated rings. The van der Waals surface area contributed by atoms with Crippen LogP contribution in [0.1, 0.15) is 5.56 Å². The zero-order valence-corrected chi connectivity index (χ0v) is 11.8. The molecule has 1 heterocycles. The molecular weight excluding hydrogens is 274 g/mol. The molecule has 1 aliphatic rings. The predicted molar refractivity (Wildman–Crippen MR) is 72.8 cm³/mol. The van der Waals surface area contributed by atoms with Crippen molar-refractivity contribution in [2.75, 3.05) is 20.6 Å². The van der Waals surface area contributed by atoms with Crippen LogP contribution in [0.15, 0.2) is 30.3 Å². The number of benzene rings is 1. The molecular formula is C14H15N3O4. The zero-order valence-electron chi connectivity index (χ0n) is 11.8. The van der Waals surface area contributed by atoms with Gasteiger partial charge in [-0.2, -0.15) is 0 Å². The molecule has 0 radical (unpaired) electrons. The van der Waals surface area contributed by atoms with Crippen LogP contribution < -0.4 is 0 Å². The van der Waals surface area contributed by atoms with Crippen molar-refractivity contribution in [3.05, 3.63) is 35.9 Å². The molecule has 0 N–H and O–H groups in total. The predicted octanol–water partition coefficient (Wildman–Crippen LogP) is 0.0656. The molecule has 0 spiro atoms. The lowest BCUT2D eigenvalue weighted by molar-refractivity contribution is -0.144. The molecule has 1 aromatic rings. The highest BCUT2D eigenvalue weighted by Gasteiger charge is 2.43. The minimum atomic E-state index is -0.969. The normalized spacial score (nSPS) is 14.9. The number of carbonyl (C=O) groups is 4. The van der Waals surface area contributed by atoms with Crippen molar-refractivity contribution in [1.29, 1.82) is 0 Å². The summed E-state index contributed by atoms with van der Waals surface area (Å²) >= 11 is 0. The maximum absolute atomic E-state index is 12.1. The minimum Gasteiger partial charge on any atom is -0.340 e. The van der Waals surface area contributed by atoms with Gasteiger partial charge in [0.2, 0.25) is 5.91 Å². The van der Waals surface area contributed by atoms with E-state index in [1.807, 2.05) is 30.3 Å². The Morgan fingerprint density at radius 1 is 1.10 bits per heavy atom. The van der Waals surface area contributed by atoms with E-state index < -0.39 is 30.3 Å². The molecule has 7 nitrogen and oxygen atoms in total. The minimum absolute atomic E-state index is 0.361. The Bertz CT molecular complexity index is 599. The molecule has 0 unspecified atom stereocenters. The molecule has 0 atom stereocenters. The maximum atomic E-state index is 12.1. The van der Waals surface area contributed by atoms with E-state index in [1.165, 1.54) is 11.9 Å². The molecule has 0 aromatic heterocycles. The van der Waals surface area contributed by atoms with Crippen LogP contribution in [0.25, 0.3) is 0 Å². The van der Waals surface area contributed by atoms with Crippen LogP contribution in [0, 0.1) is 0 Å². The van der Waals surface area contributed by atoms with E-state index in [-0.39, 0.29) is 0 Å². The van der Waals surface area contributed by atoms with Crippen molar-refractivity contribution >= 4 is 23.8 Å². The van der Waals surface area contributed by atoms with Crippen molar-refractivity contribution in [1.82, 2.24) is 14.7 Å². The standard InChI is InChI=1S/C14H15N3O4/c1-15(8-10-6-4-3-5-7-10)11(18)9-17-13(20)12(19)16(2)14(17)21/h3-7H,8-9H2,1-2H3. The van der Waals surface area contributed by atoms with Crippen LogP contribution in [0.2, 0.25) is 0 Å². The van der Waals surface area contributed by atoms with Crippen molar-refractivity contribution < 1.29 is 19.2 Å². The molecule has 5 amide bonds. The van der Waals surface area contributed by atoms with Crippen LogP contribution in [0.3, 0.4) is 0 Å². The second kappa shape index (κ2) is 5.74. The molecule has 0 saturated carbocycles. The van der Waals surface area contributed by atoms with Gasteiger partial charge in [-0.15, -0.1) is 0 Å². The number of nitrogens with zero attached hydrogens (tertiary/aromatic N) is 3. The Hall–Kier alpha value is -2.70. The summed E-state index contributed by atoms with van der Waals surface area (Å²) in [6, 6.07) is 8.55. The molecule has 7 heteroatoms. The fourth-order valence-corrected chi connectivity index (χ4v) is 1.95. The van der Waals surface area contributed by atoms with E-state index in [0.29, 0.717) is 16.3 Å². The second-order valence-corrected chi connectivity index (χ2v) is 4.77. The van der Waals surface area contributed by atoms with Gasteiger partial charge in [0.05, 0.1) is 0 Å². The molecule has 0 aliphatic carbocycles. The highest BCUT2D eigenvalue weighted by molar-refractivity contribution is 6.44. The van der Waals surface area contributed by atoms with E-state index in [9.17, 15) is 19.2 Å². The smallest absolute Gasteiger partial charge is 0.334 e. The monoisotopic (exact) mass is 289 g/mol. The number of hydrogen-bond donors (Lipinski definition) is 0. The second-order valence-electron chi connectivity index (χ2n) is 4.77. The van der Waals surface area contributed by atoms with Crippen LogP contribution in [0.4, 0.5) is 4.79 Å². The Balaban J connectivity index is 2.00. The number of imide groups is 2. The zero-order chi connectivity index (χ0) is 15.6. The first-order valence-corrected chi connectivity index (χ1v) is 6.33. The number of amides is 5. The lowest BCUT2D eigenvalue weighted by Gasteiger charge is -2.20. The van der Waals surface area contributed by atoms with Gasteiger partial charge in [-0.3, -0.25) is 19.3 Å². The van der Waals surface area contributed by atoms with Gasteiger partial charge in [-0.1, -0.05) is 30.3 Å². The highest BCUT2D eigenvalue weighted by Crippen LogP contribution is 2.10. The van der Waals surface area contributed by atoms with Crippen molar-refractivity contribution in [2.24, 2.45) is 0 Å². The fraction of sp³-hybridized carbons (Fsp3) is 0.286. The lowest BCUT2D eigenvalue weighted by atomic mass is 10.2. The summed E-state index contributed by atoms with van der Waals surface area (Å²) in [6.45, 7) is -0.0727. The summed E-state index contributed by atoms with van der Waals surface area (Å²) in [5, 5.41) is 0. The first kappa shape index (κ1) is 14.7.